The summed E-state index contributed by atoms with van der Waals surface area (Å²) >= 11 is 5.97. The Bertz CT molecular complexity index is 605. The summed E-state index contributed by atoms with van der Waals surface area (Å²) < 4.78 is 1.29. The first kappa shape index (κ1) is 12.4. The second-order valence-corrected chi connectivity index (χ2v) is 4.03. The fourth-order valence-corrected chi connectivity index (χ4v) is 1.68. The maximum atomic E-state index is 11.7. The number of aromatic amines is 1. The van der Waals surface area contributed by atoms with E-state index in [1.165, 1.54) is 10.9 Å². The largest absolute Gasteiger partial charge is 0.384 e. The lowest BCUT2D eigenvalue weighted by molar-refractivity contribution is 0.616. The summed E-state index contributed by atoms with van der Waals surface area (Å²) in [7, 11) is 0. The van der Waals surface area contributed by atoms with Crippen molar-refractivity contribution in [1.82, 2.24) is 20.0 Å². The van der Waals surface area contributed by atoms with Crippen LogP contribution in [0.4, 0.5) is 11.5 Å². The maximum absolute atomic E-state index is 11.7. The van der Waals surface area contributed by atoms with E-state index in [0.717, 1.165) is 5.56 Å². The molecule has 0 aliphatic heterocycles. The molecule has 0 spiro atoms. The predicted octanol–water partition coefficient (Wildman–Crippen LogP) is 0.834. The average Bonchev–Trinajstić information content (AvgIpc) is 2.77. The fraction of sp³-hybridized carbons (Fsp3) is 0.300. The van der Waals surface area contributed by atoms with Crippen LogP contribution in [0.25, 0.3) is 0 Å². The van der Waals surface area contributed by atoms with Gasteiger partial charge in [-0.2, -0.15) is 10.2 Å². The Morgan fingerprint density at radius 3 is 2.94 bits per heavy atom. The molecule has 2 aromatic rings. The van der Waals surface area contributed by atoms with Crippen molar-refractivity contribution in [2.24, 2.45) is 0 Å². The molecular formula is C10H13ClN6O. The molecule has 0 atom stereocenters. The lowest BCUT2D eigenvalue weighted by Crippen LogP contribution is -2.23. The van der Waals surface area contributed by atoms with E-state index in [1.54, 1.807) is 6.20 Å². The van der Waals surface area contributed by atoms with E-state index < -0.39 is 0 Å². The quantitative estimate of drug-likeness (QED) is 0.762. The van der Waals surface area contributed by atoms with Gasteiger partial charge in [0.1, 0.15) is 10.8 Å². The van der Waals surface area contributed by atoms with Gasteiger partial charge >= 0.3 is 0 Å². The highest BCUT2D eigenvalue weighted by atomic mass is 35.5. The van der Waals surface area contributed by atoms with Crippen LogP contribution in [0.15, 0.2) is 17.2 Å². The first-order valence-corrected chi connectivity index (χ1v) is 5.78. The van der Waals surface area contributed by atoms with Crippen molar-refractivity contribution in [3.8, 4) is 0 Å². The molecule has 7 nitrogen and oxygen atoms in total. The van der Waals surface area contributed by atoms with Crippen molar-refractivity contribution >= 4 is 23.1 Å². The minimum absolute atomic E-state index is 0.119. The number of nitrogens with one attached hydrogen (secondary N) is 2. The second kappa shape index (κ2) is 5.09. The molecule has 0 unspecified atom stereocenters. The average molecular weight is 269 g/mol. The highest BCUT2D eigenvalue weighted by molar-refractivity contribution is 6.32. The number of nitrogens with two attached hydrogens (primary N) is 1. The minimum atomic E-state index is -0.315. The molecule has 0 aliphatic rings. The van der Waals surface area contributed by atoms with Crippen LogP contribution in [0.3, 0.4) is 0 Å². The first-order chi connectivity index (χ1) is 8.63. The van der Waals surface area contributed by atoms with Crippen molar-refractivity contribution in [1.29, 1.82) is 0 Å². The van der Waals surface area contributed by atoms with Gasteiger partial charge < -0.3 is 11.1 Å². The van der Waals surface area contributed by atoms with Gasteiger partial charge in [-0.05, 0) is 6.92 Å². The molecule has 0 bridgehead atoms. The van der Waals surface area contributed by atoms with Gasteiger partial charge in [0, 0.05) is 18.7 Å². The van der Waals surface area contributed by atoms with E-state index >= 15 is 0 Å². The third-order valence-corrected chi connectivity index (χ3v) is 2.87. The number of nitrogen functional groups attached to an aromatic ring is 1. The van der Waals surface area contributed by atoms with Crippen LogP contribution in [0.2, 0.25) is 5.02 Å². The third-order valence-electron chi connectivity index (χ3n) is 2.51. The van der Waals surface area contributed by atoms with E-state index in [0.29, 0.717) is 24.6 Å². The van der Waals surface area contributed by atoms with Gasteiger partial charge in [-0.1, -0.05) is 11.6 Å². The van der Waals surface area contributed by atoms with Gasteiger partial charge in [0.25, 0.3) is 5.56 Å². The molecule has 8 heteroatoms. The Kier molecular flexibility index (Phi) is 3.52. The number of nitrogens with zero attached hydrogens (tertiary/aromatic N) is 3. The van der Waals surface area contributed by atoms with Crippen molar-refractivity contribution in [3.63, 3.8) is 0 Å². The fourth-order valence-electron chi connectivity index (χ4n) is 1.47. The molecule has 4 N–H and O–H groups in total. The maximum Gasteiger partial charge on any atom is 0.287 e. The Morgan fingerprint density at radius 2 is 2.33 bits per heavy atom. The number of halogens is 1. The van der Waals surface area contributed by atoms with Gasteiger partial charge in [0.05, 0.1) is 18.1 Å². The van der Waals surface area contributed by atoms with Crippen LogP contribution in [-0.2, 0) is 13.1 Å². The summed E-state index contributed by atoms with van der Waals surface area (Å²) in [5.41, 5.74) is 6.61. The molecule has 2 rings (SSSR count). The lowest BCUT2D eigenvalue weighted by atomic mass is 10.3. The lowest BCUT2D eigenvalue weighted by Gasteiger charge is -2.08. The third kappa shape index (κ3) is 2.30. The smallest absolute Gasteiger partial charge is 0.287 e. The predicted molar refractivity (Wildman–Crippen MR) is 69.5 cm³/mol. The van der Waals surface area contributed by atoms with Crippen LogP contribution >= 0.6 is 11.6 Å². The van der Waals surface area contributed by atoms with Crippen molar-refractivity contribution in [2.75, 3.05) is 11.1 Å². The molecule has 18 heavy (non-hydrogen) atoms. The number of anilines is 2. The molecular weight excluding hydrogens is 256 g/mol. The molecule has 0 radical (unpaired) electrons. The number of H-pyrrole nitrogens is 1. The standard InChI is InChI=1S/C10H13ClN6O/c1-2-17-10(18)8(11)7(5-15-17)13-3-6-4-14-16-9(6)12/h4-5,13H,2-3H2,1H3,(H3,12,14,16). The summed E-state index contributed by atoms with van der Waals surface area (Å²) in [6.45, 7) is 2.72. The van der Waals surface area contributed by atoms with E-state index in [2.05, 4.69) is 20.6 Å². The zero-order valence-electron chi connectivity index (χ0n) is 9.77. The number of hydrogen-bond donors (Lipinski definition) is 3. The summed E-state index contributed by atoms with van der Waals surface area (Å²) in [4.78, 5) is 11.7. The molecule has 0 saturated carbocycles. The molecule has 0 aromatic carbocycles. The summed E-state index contributed by atoms with van der Waals surface area (Å²) in [6, 6.07) is 0. The zero-order valence-corrected chi connectivity index (χ0v) is 10.5. The van der Waals surface area contributed by atoms with Gasteiger partial charge in [0.15, 0.2) is 0 Å². The topological polar surface area (TPSA) is 102 Å². The number of rotatable bonds is 4. The van der Waals surface area contributed by atoms with Crippen molar-refractivity contribution < 1.29 is 0 Å². The van der Waals surface area contributed by atoms with Crippen LogP contribution in [-0.4, -0.2) is 20.0 Å². The van der Waals surface area contributed by atoms with Crippen LogP contribution in [0, 0.1) is 0 Å². The van der Waals surface area contributed by atoms with Gasteiger partial charge in [-0.15, -0.1) is 0 Å². The van der Waals surface area contributed by atoms with Crippen molar-refractivity contribution in [3.05, 3.63) is 33.3 Å². The molecule has 0 aliphatic carbocycles. The summed E-state index contributed by atoms with van der Waals surface area (Å²) in [5, 5.41) is 13.5. The molecule has 0 amide bonds. The molecule has 2 heterocycles. The minimum Gasteiger partial charge on any atom is -0.384 e. The van der Waals surface area contributed by atoms with Crippen LogP contribution in [0.5, 0.6) is 0 Å². The van der Waals surface area contributed by atoms with Gasteiger partial charge in [-0.25, -0.2) is 4.68 Å². The summed E-state index contributed by atoms with van der Waals surface area (Å²) in [6.07, 6.45) is 3.13. The van der Waals surface area contributed by atoms with Crippen molar-refractivity contribution in [2.45, 2.75) is 20.0 Å². The zero-order chi connectivity index (χ0) is 13.1. The van der Waals surface area contributed by atoms with Gasteiger partial charge in [0.2, 0.25) is 0 Å². The highest BCUT2D eigenvalue weighted by Gasteiger charge is 2.09. The molecule has 0 fully saturated rings. The van der Waals surface area contributed by atoms with E-state index in [4.69, 9.17) is 17.3 Å². The normalized spacial score (nSPS) is 10.6. The SMILES string of the molecule is CCn1ncc(NCc2cn[nH]c2N)c(Cl)c1=O. The van der Waals surface area contributed by atoms with E-state index in [1.807, 2.05) is 6.92 Å². The Labute approximate surface area is 108 Å². The Balaban J connectivity index is 2.18. The van der Waals surface area contributed by atoms with E-state index in [9.17, 15) is 4.79 Å². The van der Waals surface area contributed by atoms with Crippen LogP contribution < -0.4 is 16.6 Å². The van der Waals surface area contributed by atoms with Gasteiger partial charge in [-0.3, -0.25) is 9.89 Å². The second-order valence-electron chi connectivity index (χ2n) is 3.66. The first-order valence-electron chi connectivity index (χ1n) is 5.40. The monoisotopic (exact) mass is 268 g/mol. The highest BCUT2D eigenvalue weighted by Crippen LogP contribution is 2.17. The number of aromatic nitrogens is 4. The Hall–Kier alpha value is -2.02. The number of aryl methyl sites for hydroxylation is 1. The molecule has 2 aromatic heterocycles. The molecule has 96 valence electrons. The number of hydrogen-bond acceptors (Lipinski definition) is 5. The summed E-state index contributed by atoms with van der Waals surface area (Å²) in [5.74, 6) is 0.480. The molecule has 0 saturated heterocycles. The van der Waals surface area contributed by atoms with Crippen LogP contribution in [0.1, 0.15) is 12.5 Å². The Morgan fingerprint density at radius 1 is 1.56 bits per heavy atom. The van der Waals surface area contributed by atoms with E-state index in [-0.39, 0.29) is 10.6 Å².